The maximum atomic E-state index is 13.8. The Kier molecular flexibility index (Phi) is 10.2. The summed E-state index contributed by atoms with van der Waals surface area (Å²) in [5.41, 5.74) is -0.980. The third-order valence-electron chi connectivity index (χ3n) is 6.07. The van der Waals surface area contributed by atoms with E-state index in [1.807, 2.05) is 6.92 Å². The molecule has 7 nitrogen and oxygen atoms in total. The smallest absolute Gasteiger partial charge is 0.354 e. The summed E-state index contributed by atoms with van der Waals surface area (Å²) in [5, 5.41) is 2.10. The van der Waals surface area contributed by atoms with Crippen LogP contribution in [0.1, 0.15) is 31.4 Å². The Labute approximate surface area is 236 Å². The molecule has 0 aromatic heterocycles. The van der Waals surface area contributed by atoms with E-state index in [4.69, 9.17) is 11.6 Å². The number of alkyl halides is 3. The zero-order chi connectivity index (χ0) is 29.5. The molecule has 40 heavy (non-hydrogen) atoms. The minimum atomic E-state index is -4.87. The van der Waals surface area contributed by atoms with Gasteiger partial charge in [-0.05, 0) is 49.2 Å². The number of halogens is 4. The number of carbonyl (C=O) groups is 2. The van der Waals surface area contributed by atoms with E-state index >= 15 is 0 Å². The second kappa shape index (κ2) is 13.2. The lowest BCUT2D eigenvalue weighted by atomic mass is 10.1. The normalized spacial score (nSPS) is 12.4. The van der Waals surface area contributed by atoms with Crippen molar-refractivity contribution in [3.05, 3.63) is 95.0 Å². The molecule has 0 fully saturated rings. The first kappa shape index (κ1) is 31.0. The Morgan fingerprint density at radius 2 is 1.57 bits per heavy atom. The summed E-state index contributed by atoms with van der Waals surface area (Å²) in [4.78, 5) is 27.6. The standard InChI is InChI=1S/C28H29ClF3N3O4S/c1-3-16-33-27(37)20(2)34(18-21-10-6-4-7-11-21)26(36)19-35(40(38,39)23-12-8-5-9-13-23)22-14-15-25(29)24(17-22)28(30,31)32/h4-15,17,20H,3,16,18-19H2,1-2H3,(H,33,37)/t20-/m0/s1. The number of hydrogen-bond acceptors (Lipinski definition) is 4. The first-order valence-corrected chi connectivity index (χ1v) is 14.2. The van der Waals surface area contributed by atoms with Gasteiger partial charge in [0.15, 0.2) is 0 Å². The highest BCUT2D eigenvalue weighted by atomic mass is 35.5. The highest BCUT2D eigenvalue weighted by molar-refractivity contribution is 7.92. The molecule has 12 heteroatoms. The Balaban J connectivity index is 2.09. The van der Waals surface area contributed by atoms with Gasteiger partial charge in [-0.1, -0.05) is 67.1 Å². The number of carbonyl (C=O) groups excluding carboxylic acids is 2. The van der Waals surface area contributed by atoms with Gasteiger partial charge in [-0.15, -0.1) is 0 Å². The molecule has 1 N–H and O–H groups in total. The van der Waals surface area contributed by atoms with Crippen LogP contribution in [0.2, 0.25) is 5.02 Å². The Morgan fingerprint density at radius 1 is 0.975 bits per heavy atom. The van der Waals surface area contributed by atoms with Crippen molar-refractivity contribution < 1.29 is 31.2 Å². The fourth-order valence-corrected chi connectivity index (χ4v) is 5.54. The highest BCUT2D eigenvalue weighted by Gasteiger charge is 2.36. The van der Waals surface area contributed by atoms with E-state index < -0.39 is 56.9 Å². The maximum Gasteiger partial charge on any atom is 0.417 e. The van der Waals surface area contributed by atoms with Crippen molar-refractivity contribution in [1.82, 2.24) is 10.2 Å². The molecule has 0 aliphatic rings. The first-order valence-electron chi connectivity index (χ1n) is 12.4. The van der Waals surface area contributed by atoms with E-state index in [0.717, 1.165) is 12.1 Å². The molecule has 3 aromatic carbocycles. The monoisotopic (exact) mass is 595 g/mol. The van der Waals surface area contributed by atoms with Gasteiger partial charge in [-0.3, -0.25) is 13.9 Å². The molecule has 0 saturated heterocycles. The predicted molar refractivity (Wildman–Crippen MR) is 147 cm³/mol. The Morgan fingerprint density at radius 3 is 2.15 bits per heavy atom. The largest absolute Gasteiger partial charge is 0.417 e. The molecule has 214 valence electrons. The summed E-state index contributed by atoms with van der Waals surface area (Å²) < 4.78 is 69.0. The highest BCUT2D eigenvalue weighted by Crippen LogP contribution is 2.38. The average Bonchev–Trinajstić information content (AvgIpc) is 2.93. The van der Waals surface area contributed by atoms with E-state index in [9.17, 15) is 31.2 Å². The molecule has 0 unspecified atom stereocenters. The van der Waals surface area contributed by atoms with Gasteiger partial charge in [0.05, 0.1) is 21.2 Å². The number of nitrogens with one attached hydrogen (secondary N) is 1. The fourth-order valence-electron chi connectivity index (χ4n) is 3.89. The van der Waals surface area contributed by atoms with Crippen molar-refractivity contribution in [3.8, 4) is 0 Å². The fraction of sp³-hybridized carbons (Fsp3) is 0.286. The second-order valence-electron chi connectivity index (χ2n) is 8.96. The first-order chi connectivity index (χ1) is 18.9. The molecule has 2 amide bonds. The molecule has 0 aliphatic carbocycles. The lowest BCUT2D eigenvalue weighted by Gasteiger charge is -2.32. The summed E-state index contributed by atoms with van der Waals surface area (Å²) >= 11 is 5.77. The molecule has 0 spiro atoms. The van der Waals surface area contributed by atoms with Crippen LogP contribution >= 0.6 is 11.6 Å². The molecular weight excluding hydrogens is 567 g/mol. The van der Waals surface area contributed by atoms with E-state index in [1.165, 1.54) is 36.1 Å². The van der Waals surface area contributed by atoms with Crippen LogP contribution in [0.4, 0.5) is 18.9 Å². The van der Waals surface area contributed by atoms with Gasteiger partial charge in [-0.2, -0.15) is 13.2 Å². The van der Waals surface area contributed by atoms with Gasteiger partial charge in [-0.25, -0.2) is 8.42 Å². The van der Waals surface area contributed by atoms with Crippen LogP contribution in [0.25, 0.3) is 0 Å². The molecule has 3 aromatic rings. The summed E-state index contributed by atoms with van der Waals surface area (Å²) in [5.74, 6) is -1.24. The van der Waals surface area contributed by atoms with Crippen molar-refractivity contribution >= 4 is 39.1 Å². The van der Waals surface area contributed by atoms with E-state index in [-0.39, 0.29) is 11.4 Å². The predicted octanol–water partition coefficient (Wildman–Crippen LogP) is 5.50. The van der Waals surface area contributed by atoms with Gasteiger partial charge in [0.1, 0.15) is 12.6 Å². The number of hydrogen-bond donors (Lipinski definition) is 1. The number of rotatable bonds is 11. The lowest BCUT2D eigenvalue weighted by Crippen LogP contribution is -2.51. The van der Waals surface area contributed by atoms with E-state index in [0.29, 0.717) is 28.9 Å². The van der Waals surface area contributed by atoms with Crippen LogP contribution in [0.15, 0.2) is 83.8 Å². The number of anilines is 1. The number of amides is 2. The van der Waals surface area contributed by atoms with Crippen LogP contribution in [0.5, 0.6) is 0 Å². The molecule has 0 heterocycles. The van der Waals surface area contributed by atoms with Crippen molar-refractivity contribution in [2.75, 3.05) is 17.4 Å². The molecule has 0 bridgehead atoms. The van der Waals surface area contributed by atoms with Crippen LogP contribution in [-0.4, -0.2) is 44.3 Å². The number of nitrogens with zero attached hydrogens (tertiary/aromatic N) is 2. The van der Waals surface area contributed by atoms with Crippen LogP contribution in [0, 0.1) is 0 Å². The van der Waals surface area contributed by atoms with Crippen LogP contribution in [-0.2, 0) is 32.3 Å². The summed E-state index contributed by atoms with van der Waals surface area (Å²) in [6.45, 7) is 2.84. The van der Waals surface area contributed by atoms with Crippen molar-refractivity contribution in [2.45, 2.75) is 43.9 Å². The van der Waals surface area contributed by atoms with E-state index in [1.54, 1.807) is 36.4 Å². The third kappa shape index (κ3) is 7.54. The van der Waals surface area contributed by atoms with Crippen LogP contribution in [0.3, 0.4) is 0 Å². The Bertz CT molecular complexity index is 1420. The van der Waals surface area contributed by atoms with Gasteiger partial charge >= 0.3 is 6.18 Å². The zero-order valence-electron chi connectivity index (χ0n) is 21.9. The number of sulfonamides is 1. The van der Waals surface area contributed by atoms with Crippen molar-refractivity contribution in [2.24, 2.45) is 0 Å². The molecule has 0 radical (unpaired) electrons. The summed E-state index contributed by atoms with van der Waals surface area (Å²) in [6, 6.07) is 17.4. The molecule has 3 rings (SSSR count). The van der Waals surface area contributed by atoms with E-state index in [2.05, 4.69) is 5.32 Å². The van der Waals surface area contributed by atoms with Gasteiger partial charge in [0.2, 0.25) is 11.8 Å². The third-order valence-corrected chi connectivity index (χ3v) is 8.18. The molecular formula is C28H29ClF3N3O4S. The molecule has 0 aliphatic heterocycles. The van der Waals surface area contributed by atoms with Crippen molar-refractivity contribution in [1.29, 1.82) is 0 Å². The topological polar surface area (TPSA) is 86.8 Å². The summed E-state index contributed by atoms with van der Waals surface area (Å²) in [7, 11) is -4.52. The van der Waals surface area contributed by atoms with Crippen LogP contribution < -0.4 is 9.62 Å². The number of benzene rings is 3. The zero-order valence-corrected chi connectivity index (χ0v) is 23.4. The lowest BCUT2D eigenvalue weighted by molar-refractivity contribution is -0.139. The van der Waals surface area contributed by atoms with Crippen molar-refractivity contribution in [3.63, 3.8) is 0 Å². The summed E-state index contributed by atoms with van der Waals surface area (Å²) in [6.07, 6.45) is -4.21. The van der Waals surface area contributed by atoms with Gasteiger partial charge in [0, 0.05) is 13.1 Å². The quantitative estimate of drug-likeness (QED) is 0.317. The minimum Gasteiger partial charge on any atom is -0.354 e. The minimum absolute atomic E-state index is 0.0337. The van der Waals surface area contributed by atoms with Gasteiger partial charge in [0.25, 0.3) is 10.0 Å². The second-order valence-corrected chi connectivity index (χ2v) is 11.2. The SMILES string of the molecule is CCCNC(=O)[C@H](C)N(Cc1ccccc1)C(=O)CN(c1ccc(Cl)c(C(F)(F)F)c1)S(=O)(=O)c1ccccc1. The molecule has 0 saturated carbocycles. The molecule has 1 atom stereocenters. The maximum absolute atomic E-state index is 13.8. The van der Waals surface area contributed by atoms with Gasteiger partial charge < -0.3 is 10.2 Å². The average molecular weight is 596 g/mol. The Hall–Kier alpha value is -3.57.